The molecule has 1 heterocycles. The molecule has 0 fully saturated rings. The lowest BCUT2D eigenvalue weighted by molar-refractivity contribution is -0.125. The van der Waals surface area contributed by atoms with Gasteiger partial charge in [-0.15, -0.1) is 11.3 Å². The Morgan fingerprint density at radius 1 is 1.07 bits per heavy atom. The van der Waals surface area contributed by atoms with E-state index in [0.29, 0.717) is 5.56 Å². The van der Waals surface area contributed by atoms with E-state index in [0.717, 1.165) is 15.2 Å². The number of carbonyl (C=O) groups excluding carboxylic acids is 2. The highest BCUT2D eigenvalue weighted by Crippen LogP contribution is 2.21. The van der Waals surface area contributed by atoms with E-state index in [9.17, 15) is 18.0 Å². The number of nitrogens with zero attached hydrogens (tertiary/aromatic N) is 2. The predicted molar refractivity (Wildman–Crippen MR) is 108 cm³/mol. The second-order valence-electron chi connectivity index (χ2n) is 6.33. The Balaban J connectivity index is 1.65. The van der Waals surface area contributed by atoms with Crippen LogP contribution in [-0.4, -0.2) is 50.0 Å². The molecule has 7 nitrogen and oxygen atoms in total. The quantitative estimate of drug-likeness (QED) is 0.662. The molecule has 9 heteroatoms. The molecule has 2 amide bonds. The lowest BCUT2D eigenvalue weighted by atomic mass is 10.2. The Morgan fingerprint density at radius 2 is 1.75 bits per heavy atom. The van der Waals surface area contributed by atoms with Crippen LogP contribution in [0.4, 0.5) is 0 Å². The van der Waals surface area contributed by atoms with Crippen molar-refractivity contribution in [1.82, 2.24) is 15.2 Å². The third-order valence-corrected chi connectivity index (χ3v) is 6.68. The molecule has 28 heavy (non-hydrogen) atoms. The fourth-order valence-corrected chi connectivity index (χ4v) is 4.65. The van der Waals surface area contributed by atoms with E-state index >= 15 is 0 Å². The van der Waals surface area contributed by atoms with Crippen LogP contribution in [0.2, 0.25) is 0 Å². The van der Waals surface area contributed by atoms with Crippen LogP contribution < -0.4 is 5.32 Å². The molecule has 0 aliphatic carbocycles. The zero-order chi connectivity index (χ0) is 20.3. The molecule has 0 spiro atoms. The second-order valence-corrected chi connectivity index (χ2v) is 9.43. The van der Waals surface area contributed by atoms with Crippen molar-refractivity contribution in [1.29, 1.82) is 0 Å². The van der Waals surface area contributed by atoms with Crippen LogP contribution in [0.3, 0.4) is 0 Å². The number of sulfone groups is 1. The maximum atomic E-state index is 12.3. The van der Waals surface area contributed by atoms with Gasteiger partial charge in [-0.25, -0.2) is 13.4 Å². The number of benzene rings is 2. The number of rotatable bonds is 6. The van der Waals surface area contributed by atoms with Gasteiger partial charge in [0.1, 0.15) is 10.8 Å². The van der Waals surface area contributed by atoms with Crippen LogP contribution in [0.15, 0.2) is 53.4 Å². The summed E-state index contributed by atoms with van der Waals surface area (Å²) in [6, 6.07) is 13.3. The monoisotopic (exact) mass is 417 g/mol. The van der Waals surface area contributed by atoms with Crippen LogP contribution >= 0.6 is 11.3 Å². The van der Waals surface area contributed by atoms with Gasteiger partial charge < -0.3 is 10.2 Å². The number of thiazole rings is 1. The van der Waals surface area contributed by atoms with Crippen molar-refractivity contribution in [2.24, 2.45) is 0 Å². The summed E-state index contributed by atoms with van der Waals surface area (Å²) in [6.07, 6.45) is 0. The predicted octanol–water partition coefficient (Wildman–Crippen LogP) is 2.09. The Morgan fingerprint density at radius 3 is 2.39 bits per heavy atom. The molecule has 1 N–H and O–H groups in total. The van der Waals surface area contributed by atoms with Crippen molar-refractivity contribution in [3.8, 4) is 0 Å². The summed E-state index contributed by atoms with van der Waals surface area (Å²) < 4.78 is 25.6. The smallest absolute Gasteiger partial charge is 0.251 e. The maximum Gasteiger partial charge on any atom is 0.251 e. The average molecular weight is 418 g/mol. The Kier molecular flexibility index (Phi) is 5.76. The molecular weight excluding hydrogens is 398 g/mol. The molecule has 0 aliphatic rings. The van der Waals surface area contributed by atoms with Crippen molar-refractivity contribution in [3.63, 3.8) is 0 Å². The SMILES string of the molecule is CN(C)C(=O)CS(=O)(=O)c1ccc(C(=O)NCc2nc3ccccc3s2)cc1. The molecule has 0 atom stereocenters. The Labute approximate surface area is 166 Å². The van der Waals surface area contributed by atoms with Gasteiger partial charge in [0.15, 0.2) is 9.84 Å². The number of nitrogens with one attached hydrogen (secondary N) is 1. The van der Waals surface area contributed by atoms with Gasteiger partial charge in [-0.3, -0.25) is 9.59 Å². The third kappa shape index (κ3) is 4.55. The molecule has 3 aromatic rings. The van der Waals surface area contributed by atoms with Crippen molar-refractivity contribution < 1.29 is 18.0 Å². The van der Waals surface area contributed by atoms with E-state index in [1.165, 1.54) is 54.6 Å². The van der Waals surface area contributed by atoms with Crippen LogP contribution in [0.1, 0.15) is 15.4 Å². The third-order valence-electron chi connectivity index (χ3n) is 4.03. The minimum Gasteiger partial charge on any atom is -0.348 e. The van der Waals surface area contributed by atoms with Crippen LogP contribution in [0.5, 0.6) is 0 Å². The highest BCUT2D eigenvalue weighted by Gasteiger charge is 2.21. The number of carbonyl (C=O) groups is 2. The normalized spacial score (nSPS) is 11.4. The average Bonchev–Trinajstić information content (AvgIpc) is 3.08. The fraction of sp³-hybridized carbons (Fsp3) is 0.211. The minimum absolute atomic E-state index is 0.00502. The molecule has 0 radical (unpaired) electrons. The summed E-state index contributed by atoms with van der Waals surface area (Å²) in [6.45, 7) is 0.287. The molecule has 2 aromatic carbocycles. The molecule has 0 bridgehead atoms. The van der Waals surface area contributed by atoms with Crippen molar-refractivity contribution in [2.75, 3.05) is 19.8 Å². The molecule has 146 valence electrons. The van der Waals surface area contributed by atoms with E-state index < -0.39 is 21.5 Å². The lowest BCUT2D eigenvalue weighted by Gasteiger charge is -2.11. The Hall–Kier alpha value is -2.78. The summed E-state index contributed by atoms with van der Waals surface area (Å²) in [5.74, 6) is -1.44. The number of hydrogen-bond donors (Lipinski definition) is 1. The van der Waals surface area contributed by atoms with Crippen LogP contribution in [0.25, 0.3) is 10.2 Å². The zero-order valence-electron chi connectivity index (χ0n) is 15.4. The maximum absolute atomic E-state index is 12.3. The van der Waals surface area contributed by atoms with Gasteiger partial charge in [-0.1, -0.05) is 12.1 Å². The topological polar surface area (TPSA) is 96.4 Å². The molecule has 0 saturated heterocycles. The fourth-order valence-electron chi connectivity index (χ4n) is 2.44. The largest absolute Gasteiger partial charge is 0.348 e. The van der Waals surface area contributed by atoms with Gasteiger partial charge in [0.25, 0.3) is 5.91 Å². The van der Waals surface area contributed by atoms with E-state index in [1.807, 2.05) is 24.3 Å². The summed E-state index contributed by atoms with van der Waals surface area (Å²) in [5.41, 5.74) is 1.22. The summed E-state index contributed by atoms with van der Waals surface area (Å²) in [7, 11) is -0.755. The van der Waals surface area contributed by atoms with E-state index in [4.69, 9.17) is 0 Å². The number of para-hydroxylation sites is 1. The summed E-state index contributed by atoms with van der Waals surface area (Å²) >= 11 is 1.51. The van der Waals surface area contributed by atoms with Gasteiger partial charge in [-0.05, 0) is 36.4 Å². The molecule has 0 aliphatic heterocycles. The van der Waals surface area contributed by atoms with Gasteiger partial charge in [-0.2, -0.15) is 0 Å². The highest BCUT2D eigenvalue weighted by atomic mass is 32.2. The molecule has 3 rings (SSSR count). The molecule has 0 saturated carbocycles. The first-order valence-electron chi connectivity index (χ1n) is 8.42. The Bertz CT molecular complexity index is 1090. The number of amides is 2. The van der Waals surface area contributed by atoms with Gasteiger partial charge in [0, 0.05) is 19.7 Å². The zero-order valence-corrected chi connectivity index (χ0v) is 17.0. The minimum atomic E-state index is -3.75. The van der Waals surface area contributed by atoms with Crippen molar-refractivity contribution in [2.45, 2.75) is 11.4 Å². The van der Waals surface area contributed by atoms with E-state index in [1.54, 1.807) is 0 Å². The van der Waals surface area contributed by atoms with E-state index in [2.05, 4.69) is 10.3 Å². The first-order valence-corrected chi connectivity index (χ1v) is 10.9. The van der Waals surface area contributed by atoms with Crippen LogP contribution in [-0.2, 0) is 21.2 Å². The first-order chi connectivity index (χ1) is 13.3. The number of hydrogen-bond acceptors (Lipinski definition) is 6. The summed E-state index contributed by atoms with van der Waals surface area (Å²) in [5, 5.41) is 3.57. The first kappa shape index (κ1) is 20.0. The van der Waals surface area contributed by atoms with Gasteiger partial charge in [0.05, 0.1) is 21.7 Å². The van der Waals surface area contributed by atoms with Crippen molar-refractivity contribution in [3.05, 3.63) is 59.1 Å². The molecule has 1 aromatic heterocycles. The van der Waals surface area contributed by atoms with Crippen molar-refractivity contribution >= 4 is 43.2 Å². The van der Waals surface area contributed by atoms with Gasteiger partial charge >= 0.3 is 0 Å². The molecular formula is C19H19N3O4S2. The summed E-state index contributed by atoms with van der Waals surface area (Å²) in [4.78, 5) is 29.7. The number of fused-ring (bicyclic) bond motifs is 1. The van der Waals surface area contributed by atoms with Crippen LogP contribution in [0, 0.1) is 0 Å². The second kappa shape index (κ2) is 8.07. The number of aromatic nitrogens is 1. The standard InChI is InChI=1S/C19H19N3O4S2/c1-22(2)18(23)12-28(25,26)14-9-7-13(8-10-14)19(24)20-11-17-21-15-5-3-4-6-16(15)27-17/h3-10H,11-12H2,1-2H3,(H,20,24). The lowest BCUT2D eigenvalue weighted by Crippen LogP contribution is -2.29. The highest BCUT2D eigenvalue weighted by molar-refractivity contribution is 7.92. The molecule has 0 unspecified atom stereocenters. The van der Waals surface area contributed by atoms with Gasteiger partial charge in [0.2, 0.25) is 5.91 Å². The van der Waals surface area contributed by atoms with E-state index in [-0.39, 0.29) is 17.3 Å².